The van der Waals surface area contributed by atoms with Crippen molar-refractivity contribution in [2.24, 2.45) is 0 Å². The van der Waals surface area contributed by atoms with Gasteiger partial charge in [-0.05, 0) is 37.3 Å². The summed E-state index contributed by atoms with van der Waals surface area (Å²) in [5.41, 5.74) is 2.66. The molecule has 5 nitrogen and oxygen atoms in total. The van der Waals surface area contributed by atoms with Gasteiger partial charge in [0.15, 0.2) is 0 Å². The van der Waals surface area contributed by atoms with Gasteiger partial charge in [-0.1, -0.05) is 23.8 Å². The van der Waals surface area contributed by atoms with Crippen LogP contribution in [-0.4, -0.2) is 27.6 Å². The number of hydrogen-bond acceptors (Lipinski definition) is 3. The summed E-state index contributed by atoms with van der Waals surface area (Å²) >= 11 is 0. The van der Waals surface area contributed by atoms with Gasteiger partial charge in [0.2, 0.25) is 10.0 Å². The molecular formula is C16H18N2O3S. The first-order chi connectivity index (χ1) is 10.3. The summed E-state index contributed by atoms with van der Waals surface area (Å²) in [5, 5.41) is 2.76. The Bertz CT molecular complexity index is 783. The average Bonchev–Trinajstić information content (AvgIpc) is 2.46. The third-order valence-corrected chi connectivity index (χ3v) is 4.48. The van der Waals surface area contributed by atoms with Crippen molar-refractivity contribution in [3.8, 4) is 0 Å². The lowest BCUT2D eigenvalue weighted by Crippen LogP contribution is -2.24. The predicted octanol–water partition coefficient (Wildman–Crippen LogP) is 2.64. The van der Waals surface area contributed by atoms with Gasteiger partial charge in [-0.25, -0.2) is 8.42 Å². The second-order valence-electron chi connectivity index (χ2n) is 5.10. The molecule has 2 aromatic carbocycles. The van der Waals surface area contributed by atoms with Gasteiger partial charge < -0.3 is 5.32 Å². The summed E-state index contributed by atoms with van der Waals surface area (Å²) in [7, 11) is -1.87. The van der Waals surface area contributed by atoms with E-state index in [-0.39, 0.29) is 5.91 Å². The Morgan fingerprint density at radius 2 is 1.73 bits per heavy atom. The van der Waals surface area contributed by atoms with E-state index in [1.54, 1.807) is 36.4 Å². The minimum Gasteiger partial charge on any atom is -0.322 e. The predicted molar refractivity (Wildman–Crippen MR) is 88.8 cm³/mol. The van der Waals surface area contributed by atoms with Gasteiger partial charge >= 0.3 is 0 Å². The van der Waals surface area contributed by atoms with Gasteiger partial charge in [0.1, 0.15) is 0 Å². The number of sulfonamides is 1. The zero-order chi connectivity index (χ0) is 16.3. The van der Waals surface area contributed by atoms with Gasteiger partial charge in [-0.2, -0.15) is 0 Å². The van der Waals surface area contributed by atoms with Crippen molar-refractivity contribution in [3.05, 3.63) is 59.7 Å². The lowest BCUT2D eigenvalue weighted by molar-refractivity contribution is 0.102. The molecule has 22 heavy (non-hydrogen) atoms. The molecule has 0 unspecified atom stereocenters. The molecular weight excluding hydrogens is 300 g/mol. The van der Waals surface area contributed by atoms with Gasteiger partial charge in [0.25, 0.3) is 5.91 Å². The molecule has 0 aliphatic heterocycles. The average molecular weight is 318 g/mol. The number of aryl methyl sites for hydroxylation is 1. The van der Waals surface area contributed by atoms with Crippen LogP contribution in [0.15, 0.2) is 48.5 Å². The molecule has 6 heteroatoms. The van der Waals surface area contributed by atoms with E-state index in [0.717, 1.165) is 16.1 Å². The zero-order valence-electron chi connectivity index (χ0n) is 12.7. The van der Waals surface area contributed by atoms with Crippen molar-refractivity contribution >= 4 is 27.3 Å². The van der Waals surface area contributed by atoms with Crippen molar-refractivity contribution in [1.29, 1.82) is 0 Å². The largest absolute Gasteiger partial charge is 0.322 e. The third kappa shape index (κ3) is 3.85. The monoisotopic (exact) mass is 318 g/mol. The van der Waals surface area contributed by atoms with E-state index in [9.17, 15) is 13.2 Å². The number of amides is 1. The maximum Gasteiger partial charge on any atom is 0.255 e. The number of carbonyl (C=O) groups excluding carboxylic acids is 1. The Kier molecular flexibility index (Phi) is 4.51. The quantitative estimate of drug-likeness (QED) is 0.942. The van der Waals surface area contributed by atoms with E-state index in [1.165, 1.54) is 7.05 Å². The van der Waals surface area contributed by atoms with Crippen LogP contribution in [0.5, 0.6) is 0 Å². The standard InChI is InChI=1S/C16H18N2O3S/c1-12-7-9-13(10-8-12)16(19)17-14-5-4-6-15(11-14)18(2)22(3,20)21/h4-11H,1-3H3,(H,17,19). The second kappa shape index (κ2) is 6.19. The molecule has 0 spiro atoms. The van der Waals surface area contributed by atoms with Gasteiger partial charge in [-0.15, -0.1) is 0 Å². The number of hydrogen-bond donors (Lipinski definition) is 1. The van der Waals surface area contributed by atoms with Crippen LogP contribution in [-0.2, 0) is 10.0 Å². The fourth-order valence-corrected chi connectivity index (χ4v) is 2.38. The van der Waals surface area contributed by atoms with Crippen LogP contribution < -0.4 is 9.62 Å². The molecule has 0 fully saturated rings. The summed E-state index contributed by atoms with van der Waals surface area (Å²) in [4.78, 5) is 12.2. The fourth-order valence-electron chi connectivity index (χ4n) is 1.88. The highest BCUT2D eigenvalue weighted by Crippen LogP contribution is 2.20. The molecule has 116 valence electrons. The molecule has 0 aliphatic carbocycles. The molecule has 1 amide bonds. The van der Waals surface area contributed by atoms with E-state index in [0.29, 0.717) is 16.9 Å². The van der Waals surface area contributed by atoms with E-state index in [1.807, 2.05) is 19.1 Å². The third-order valence-electron chi connectivity index (χ3n) is 3.28. The van der Waals surface area contributed by atoms with Crippen LogP contribution >= 0.6 is 0 Å². The first kappa shape index (κ1) is 16.0. The Morgan fingerprint density at radius 3 is 2.32 bits per heavy atom. The lowest BCUT2D eigenvalue weighted by Gasteiger charge is -2.17. The number of nitrogens with one attached hydrogen (secondary N) is 1. The van der Waals surface area contributed by atoms with Crippen molar-refractivity contribution < 1.29 is 13.2 Å². The first-order valence-electron chi connectivity index (χ1n) is 6.69. The molecule has 0 aliphatic rings. The topological polar surface area (TPSA) is 66.5 Å². The molecule has 0 heterocycles. The van der Waals surface area contributed by atoms with Crippen LogP contribution in [0.4, 0.5) is 11.4 Å². The molecule has 2 aromatic rings. The van der Waals surface area contributed by atoms with Gasteiger partial charge in [0, 0.05) is 18.3 Å². The highest BCUT2D eigenvalue weighted by Gasteiger charge is 2.13. The molecule has 1 N–H and O–H groups in total. The second-order valence-corrected chi connectivity index (χ2v) is 7.11. The van der Waals surface area contributed by atoms with Crippen LogP contribution in [0.2, 0.25) is 0 Å². The minimum absolute atomic E-state index is 0.237. The minimum atomic E-state index is -3.34. The molecule has 2 rings (SSSR count). The number of benzene rings is 2. The summed E-state index contributed by atoms with van der Waals surface area (Å²) < 4.78 is 24.3. The van der Waals surface area contributed by atoms with E-state index in [2.05, 4.69) is 5.32 Å². The number of nitrogens with zero attached hydrogens (tertiary/aromatic N) is 1. The molecule has 0 bridgehead atoms. The van der Waals surface area contributed by atoms with E-state index < -0.39 is 10.0 Å². The van der Waals surface area contributed by atoms with Crippen molar-refractivity contribution in [2.45, 2.75) is 6.92 Å². The van der Waals surface area contributed by atoms with Crippen molar-refractivity contribution in [1.82, 2.24) is 0 Å². The number of anilines is 2. The molecule has 0 saturated carbocycles. The Balaban J connectivity index is 2.20. The Hall–Kier alpha value is -2.34. The Labute approximate surface area is 130 Å². The highest BCUT2D eigenvalue weighted by molar-refractivity contribution is 7.92. The number of rotatable bonds is 4. The molecule has 0 radical (unpaired) electrons. The SMILES string of the molecule is Cc1ccc(C(=O)Nc2cccc(N(C)S(C)(=O)=O)c2)cc1. The van der Waals surface area contributed by atoms with Crippen LogP contribution in [0, 0.1) is 6.92 Å². The maximum absolute atomic E-state index is 12.2. The van der Waals surface area contributed by atoms with E-state index in [4.69, 9.17) is 0 Å². The highest BCUT2D eigenvalue weighted by atomic mass is 32.2. The van der Waals surface area contributed by atoms with Crippen LogP contribution in [0.25, 0.3) is 0 Å². The smallest absolute Gasteiger partial charge is 0.255 e. The van der Waals surface area contributed by atoms with E-state index >= 15 is 0 Å². The Morgan fingerprint density at radius 1 is 1.09 bits per heavy atom. The summed E-state index contributed by atoms with van der Waals surface area (Å²) in [6, 6.07) is 13.9. The zero-order valence-corrected chi connectivity index (χ0v) is 13.5. The molecule has 0 aromatic heterocycles. The first-order valence-corrected chi connectivity index (χ1v) is 8.54. The van der Waals surface area contributed by atoms with Gasteiger partial charge in [0.05, 0.1) is 11.9 Å². The van der Waals surface area contributed by atoms with Crippen molar-refractivity contribution in [3.63, 3.8) is 0 Å². The summed E-state index contributed by atoms with van der Waals surface area (Å²) in [5.74, 6) is -0.237. The lowest BCUT2D eigenvalue weighted by atomic mass is 10.1. The maximum atomic E-state index is 12.2. The van der Waals surface area contributed by atoms with Gasteiger partial charge in [-0.3, -0.25) is 9.10 Å². The van der Waals surface area contributed by atoms with Crippen LogP contribution in [0.3, 0.4) is 0 Å². The summed E-state index contributed by atoms with van der Waals surface area (Å²) in [6.07, 6.45) is 1.13. The fraction of sp³-hybridized carbons (Fsp3) is 0.188. The molecule has 0 atom stereocenters. The van der Waals surface area contributed by atoms with Crippen LogP contribution in [0.1, 0.15) is 15.9 Å². The summed E-state index contributed by atoms with van der Waals surface area (Å²) in [6.45, 7) is 1.95. The van der Waals surface area contributed by atoms with Crippen molar-refractivity contribution in [2.75, 3.05) is 22.9 Å². The normalized spacial score (nSPS) is 11.0. The number of carbonyl (C=O) groups is 1. The molecule has 0 saturated heterocycles.